The van der Waals surface area contributed by atoms with Crippen LogP contribution in [0.15, 0.2) is 78.4 Å². The van der Waals surface area contributed by atoms with E-state index in [1.807, 2.05) is 36.4 Å². The molecule has 44 heavy (non-hydrogen) atoms. The Morgan fingerprint density at radius 1 is 0.795 bits per heavy atom. The molecule has 1 atom stereocenters. The van der Waals surface area contributed by atoms with Gasteiger partial charge in [-0.3, -0.25) is 12.2 Å². The molecule has 4 aliphatic carbocycles. The molecule has 3 aromatic rings. The number of hydrogen-bond donors (Lipinski definition) is 0. The molecule has 7 rings (SSSR count). The van der Waals surface area contributed by atoms with Gasteiger partial charge in [-0.1, -0.05) is 71.1 Å². The Morgan fingerprint density at radius 3 is 1.77 bits per heavy atom. The minimum atomic E-state index is 0. The fraction of sp³-hybridized carbons (Fsp3) is 0.317. The number of rotatable bonds is 0. The first-order valence-electron chi connectivity index (χ1n) is 14.9. The van der Waals surface area contributed by atoms with Crippen LogP contribution in [-0.2, 0) is 41.5 Å². The summed E-state index contributed by atoms with van der Waals surface area (Å²) >= 11 is 1.30. The van der Waals surface area contributed by atoms with E-state index in [0.29, 0.717) is 5.92 Å². The van der Waals surface area contributed by atoms with E-state index >= 15 is 0 Å². The largest absolute Gasteiger partial charge is 0.184 e. The fourth-order valence-electron chi connectivity index (χ4n) is 6.37. The van der Waals surface area contributed by atoms with E-state index in [2.05, 4.69) is 121 Å². The minimum Gasteiger partial charge on any atom is -0.184 e. The molecule has 0 spiro atoms. The molecule has 0 radical (unpaired) electrons. The Labute approximate surface area is 296 Å². The maximum Gasteiger partial charge on any atom is -0.171 e. The normalized spacial score (nSPS) is 17.5. The van der Waals surface area contributed by atoms with Gasteiger partial charge in [-0.05, 0) is 58.4 Å². The summed E-state index contributed by atoms with van der Waals surface area (Å²) in [4.78, 5) is 0. The molecule has 3 heteroatoms. The van der Waals surface area contributed by atoms with Gasteiger partial charge in [0, 0.05) is 5.41 Å². The van der Waals surface area contributed by atoms with Crippen molar-refractivity contribution in [3.63, 3.8) is 0 Å². The van der Waals surface area contributed by atoms with E-state index in [4.69, 9.17) is 0 Å². The third-order valence-corrected chi connectivity index (χ3v) is 8.13. The third-order valence-electron chi connectivity index (χ3n) is 8.13. The summed E-state index contributed by atoms with van der Waals surface area (Å²) in [5.41, 5.74) is 15.9. The molecular formula is C41H48Cl2Zr-4. The molecule has 0 saturated heterocycles. The van der Waals surface area contributed by atoms with E-state index < -0.39 is 0 Å². The van der Waals surface area contributed by atoms with Gasteiger partial charge < -0.3 is 6.92 Å². The standard InChI is InChI=1S/C25H25.C7H9.C6H5.C2H5.CH2.2ClH.Zr/c1-14-12-24(3,4)22-8-16-7-17-9-23-19(15(2)13-25(23,5)6)11-21(17)20(16)10-18(14)22;1-6-3-4-7(2)5-6;1-2-4-6-5-3-1;1-2;;;;/h8-12H,7H2,1-6H3;3,5,7H,1-2H3;1-5H;1H2,2H3;1H2;2*1H;/q4*-1;;;;. The Bertz CT molecular complexity index is 1420. The van der Waals surface area contributed by atoms with Gasteiger partial charge in [0.15, 0.2) is 0 Å². The van der Waals surface area contributed by atoms with E-state index in [0.717, 1.165) is 6.42 Å². The average Bonchev–Trinajstić information content (AvgIpc) is 3.67. The summed E-state index contributed by atoms with van der Waals surface area (Å²) in [6, 6.07) is 22.3. The number of benzene rings is 3. The molecule has 4 aliphatic rings. The molecule has 3 aromatic carbocycles. The Hall–Kier alpha value is -2.05. The van der Waals surface area contributed by atoms with Crippen LogP contribution in [0.3, 0.4) is 0 Å². The summed E-state index contributed by atoms with van der Waals surface area (Å²) in [5, 5.41) is 0. The van der Waals surface area contributed by atoms with Crippen LogP contribution in [0.2, 0.25) is 0 Å². The van der Waals surface area contributed by atoms with Gasteiger partial charge in [-0.15, -0.1) is 43.4 Å². The molecule has 0 saturated carbocycles. The van der Waals surface area contributed by atoms with Crippen molar-refractivity contribution in [1.29, 1.82) is 0 Å². The Kier molecular flexibility index (Phi) is 15.5. The van der Waals surface area contributed by atoms with Crippen molar-refractivity contribution in [2.24, 2.45) is 5.92 Å². The van der Waals surface area contributed by atoms with Crippen LogP contribution in [-0.4, -0.2) is 4.21 Å². The Morgan fingerprint density at radius 2 is 1.34 bits per heavy atom. The molecule has 1 unspecified atom stereocenters. The molecule has 0 N–H and O–H groups in total. The second-order valence-corrected chi connectivity index (χ2v) is 12.3. The van der Waals surface area contributed by atoms with Gasteiger partial charge >= 0.3 is 28.4 Å². The van der Waals surface area contributed by atoms with Crippen molar-refractivity contribution in [1.82, 2.24) is 0 Å². The van der Waals surface area contributed by atoms with Crippen molar-refractivity contribution in [3.8, 4) is 11.1 Å². The molecule has 0 amide bonds. The first-order chi connectivity index (χ1) is 20.0. The summed E-state index contributed by atoms with van der Waals surface area (Å²) in [5.74, 6) is 0.556. The second kappa shape index (κ2) is 17.0. The predicted octanol–water partition coefficient (Wildman–Crippen LogP) is 11.5. The zero-order valence-electron chi connectivity index (χ0n) is 27.9. The van der Waals surface area contributed by atoms with Crippen LogP contribution in [0.5, 0.6) is 0 Å². The predicted molar refractivity (Wildman–Crippen MR) is 195 cm³/mol. The first kappa shape index (κ1) is 40.0. The summed E-state index contributed by atoms with van der Waals surface area (Å²) in [6.45, 7) is 22.9. The molecule has 0 heterocycles. The first-order valence-corrected chi connectivity index (χ1v) is 16.6. The van der Waals surface area contributed by atoms with Crippen LogP contribution in [0.25, 0.3) is 22.3 Å². The number of halogens is 2. The van der Waals surface area contributed by atoms with Gasteiger partial charge in [0.1, 0.15) is 0 Å². The SMILES string of the molecule is CC1=CC(C)[C-]=C1.CC1=[C-]C(C)(C)c2cc3c(cc21)-c1cc2c(cc1C3)C(C)(C)C=C2C.Cl.Cl.[CH2-]C.[CH2]=[Zr].[c-]1ccccc1. The third kappa shape index (κ3) is 8.81. The fourth-order valence-corrected chi connectivity index (χ4v) is 6.37. The molecule has 0 nitrogen and oxygen atoms in total. The van der Waals surface area contributed by atoms with E-state index in [1.54, 1.807) is 6.92 Å². The topological polar surface area (TPSA) is 0 Å². The van der Waals surface area contributed by atoms with Crippen LogP contribution < -0.4 is 0 Å². The average molecular weight is 703 g/mol. The van der Waals surface area contributed by atoms with Crippen molar-refractivity contribution < 1.29 is 24.2 Å². The van der Waals surface area contributed by atoms with Gasteiger partial charge in [-0.25, -0.2) is 17.2 Å². The van der Waals surface area contributed by atoms with E-state index in [1.165, 1.54) is 85.5 Å². The molecule has 0 fully saturated rings. The van der Waals surface area contributed by atoms with Crippen LogP contribution in [0.4, 0.5) is 0 Å². The van der Waals surface area contributed by atoms with Gasteiger partial charge in [0.25, 0.3) is 0 Å². The maximum atomic E-state index is 3.65. The monoisotopic (exact) mass is 700 g/mol. The smallest absolute Gasteiger partial charge is 0.171 e. The van der Waals surface area contributed by atoms with Crippen LogP contribution >= 0.6 is 24.8 Å². The zero-order chi connectivity index (χ0) is 31.2. The van der Waals surface area contributed by atoms with Gasteiger partial charge in [0.2, 0.25) is 0 Å². The zero-order valence-corrected chi connectivity index (χ0v) is 32.0. The molecule has 234 valence electrons. The van der Waals surface area contributed by atoms with E-state index in [9.17, 15) is 0 Å². The van der Waals surface area contributed by atoms with Gasteiger partial charge in [-0.2, -0.15) is 55.0 Å². The number of allylic oxidation sites excluding steroid dienone is 8. The van der Waals surface area contributed by atoms with Crippen molar-refractivity contribution in [2.45, 2.75) is 79.6 Å². The van der Waals surface area contributed by atoms with E-state index in [-0.39, 0.29) is 35.6 Å². The summed E-state index contributed by atoms with van der Waals surface area (Å²) < 4.78 is 3.34. The summed E-state index contributed by atoms with van der Waals surface area (Å²) in [6.07, 6.45) is 14.5. The minimum absolute atomic E-state index is 0. The van der Waals surface area contributed by atoms with Crippen molar-refractivity contribution >= 4 is 40.2 Å². The maximum absolute atomic E-state index is 3.65. The molecule has 0 bridgehead atoms. The van der Waals surface area contributed by atoms with Crippen molar-refractivity contribution in [2.75, 3.05) is 0 Å². The van der Waals surface area contributed by atoms with Crippen molar-refractivity contribution in [3.05, 3.63) is 137 Å². The van der Waals surface area contributed by atoms with Gasteiger partial charge in [0.05, 0.1) is 0 Å². The molecule has 0 aromatic heterocycles. The molecular weight excluding hydrogens is 655 g/mol. The quantitative estimate of drug-likeness (QED) is 0.160. The van der Waals surface area contributed by atoms with Crippen LogP contribution in [0, 0.1) is 31.1 Å². The Balaban J connectivity index is 0.000000423. The number of hydrogen-bond acceptors (Lipinski definition) is 0. The second-order valence-electron chi connectivity index (χ2n) is 12.3. The number of fused-ring (bicyclic) bond motifs is 5. The molecule has 0 aliphatic heterocycles. The summed E-state index contributed by atoms with van der Waals surface area (Å²) in [7, 11) is 0. The van der Waals surface area contributed by atoms with Crippen LogP contribution in [0.1, 0.15) is 95.7 Å².